The van der Waals surface area contributed by atoms with Crippen LogP contribution in [0.2, 0.25) is 0 Å². The number of thiazole rings is 1. The number of aromatic nitrogens is 1. The maximum absolute atomic E-state index is 12.4. The summed E-state index contributed by atoms with van der Waals surface area (Å²) in [5, 5.41) is 0.931. The lowest BCUT2D eigenvalue weighted by Crippen LogP contribution is -2.26. The maximum atomic E-state index is 12.4. The molecule has 0 N–H and O–H groups in total. The number of carbonyl (C=O) groups is 1. The van der Waals surface area contributed by atoms with Gasteiger partial charge in [-0.15, -0.1) is 11.3 Å². The van der Waals surface area contributed by atoms with E-state index in [0.29, 0.717) is 12.2 Å². The van der Waals surface area contributed by atoms with Gasteiger partial charge in [-0.05, 0) is 29.7 Å². The molecule has 3 aromatic rings. The monoisotopic (exact) mass is 279 g/mol. The summed E-state index contributed by atoms with van der Waals surface area (Å²) in [6.07, 6.45) is 1.35. The van der Waals surface area contributed by atoms with E-state index in [-0.39, 0.29) is 5.92 Å². The molecule has 0 spiro atoms. The highest BCUT2D eigenvalue weighted by molar-refractivity contribution is 7.18. The second-order valence-electron chi connectivity index (χ2n) is 5.17. The van der Waals surface area contributed by atoms with Crippen molar-refractivity contribution in [3.63, 3.8) is 0 Å². The summed E-state index contributed by atoms with van der Waals surface area (Å²) in [5.74, 6) is 0.376. The molecule has 1 aliphatic carbocycles. The maximum Gasteiger partial charge on any atom is 0.147 e. The zero-order valence-corrected chi connectivity index (χ0v) is 11.7. The molecular formula is C17H13NOS. The minimum Gasteiger partial charge on any atom is -0.299 e. The van der Waals surface area contributed by atoms with E-state index in [2.05, 4.69) is 23.2 Å². The number of hydrogen-bond acceptors (Lipinski definition) is 3. The van der Waals surface area contributed by atoms with E-state index in [4.69, 9.17) is 0 Å². The van der Waals surface area contributed by atoms with Crippen molar-refractivity contribution in [1.82, 2.24) is 4.98 Å². The van der Waals surface area contributed by atoms with Gasteiger partial charge in [-0.1, -0.05) is 36.4 Å². The number of benzene rings is 2. The van der Waals surface area contributed by atoms with Crippen molar-refractivity contribution in [2.24, 2.45) is 0 Å². The summed E-state index contributed by atoms with van der Waals surface area (Å²) in [6.45, 7) is 0. The van der Waals surface area contributed by atoms with Gasteiger partial charge in [0.1, 0.15) is 10.8 Å². The van der Waals surface area contributed by atoms with Gasteiger partial charge in [-0.25, -0.2) is 4.98 Å². The molecule has 3 heteroatoms. The van der Waals surface area contributed by atoms with E-state index in [9.17, 15) is 4.79 Å². The highest BCUT2D eigenvalue weighted by Gasteiger charge is 2.31. The summed E-state index contributed by atoms with van der Waals surface area (Å²) in [4.78, 5) is 16.9. The number of para-hydroxylation sites is 1. The van der Waals surface area contributed by atoms with Gasteiger partial charge >= 0.3 is 0 Å². The van der Waals surface area contributed by atoms with Crippen LogP contribution in [0.4, 0.5) is 0 Å². The molecule has 0 saturated carbocycles. The zero-order chi connectivity index (χ0) is 13.5. The molecule has 1 heterocycles. The molecule has 2 nitrogen and oxygen atoms in total. The number of ketones is 1. The number of fused-ring (bicyclic) bond motifs is 2. The fraction of sp³-hybridized carbons (Fsp3) is 0.176. The normalized spacial score (nSPS) is 16.7. The smallest absolute Gasteiger partial charge is 0.147 e. The van der Waals surface area contributed by atoms with Gasteiger partial charge in [0, 0.05) is 5.92 Å². The Bertz CT molecular complexity index is 772. The first kappa shape index (κ1) is 11.8. The molecule has 0 aliphatic heterocycles. The van der Waals surface area contributed by atoms with Crippen LogP contribution < -0.4 is 0 Å². The molecule has 0 saturated heterocycles. The van der Waals surface area contributed by atoms with E-state index in [0.717, 1.165) is 21.6 Å². The Balaban J connectivity index is 1.56. The van der Waals surface area contributed by atoms with Gasteiger partial charge in [0.15, 0.2) is 0 Å². The van der Waals surface area contributed by atoms with Gasteiger partial charge in [-0.3, -0.25) is 4.79 Å². The topological polar surface area (TPSA) is 30.0 Å². The Morgan fingerprint density at radius 2 is 1.95 bits per heavy atom. The van der Waals surface area contributed by atoms with Gasteiger partial charge in [0.05, 0.1) is 16.6 Å². The minimum absolute atomic E-state index is 0.0817. The Morgan fingerprint density at radius 1 is 1.15 bits per heavy atom. The summed E-state index contributed by atoms with van der Waals surface area (Å²) in [6, 6.07) is 16.3. The standard InChI is InChI=1S/C17H13NOS/c19-15(13-9-11-5-1-2-6-12(11)13)10-17-18-14-7-3-4-8-16(14)20-17/h1-8,13H,9-10H2. The zero-order valence-electron chi connectivity index (χ0n) is 10.9. The predicted molar refractivity (Wildman–Crippen MR) is 81.2 cm³/mol. The third-order valence-electron chi connectivity index (χ3n) is 3.91. The Morgan fingerprint density at radius 3 is 2.80 bits per heavy atom. The van der Waals surface area contributed by atoms with Crippen LogP contribution in [0, 0.1) is 0 Å². The van der Waals surface area contributed by atoms with E-state index >= 15 is 0 Å². The van der Waals surface area contributed by atoms with Crippen LogP contribution >= 0.6 is 11.3 Å². The highest BCUT2D eigenvalue weighted by Crippen LogP contribution is 2.36. The first-order valence-corrected chi connectivity index (χ1v) is 7.58. The summed E-state index contributed by atoms with van der Waals surface area (Å²) in [5.41, 5.74) is 3.52. The Kier molecular flexibility index (Phi) is 2.67. The third-order valence-corrected chi connectivity index (χ3v) is 4.94. The fourth-order valence-electron chi connectivity index (χ4n) is 2.81. The summed E-state index contributed by atoms with van der Waals surface area (Å²) >= 11 is 1.63. The van der Waals surface area contributed by atoms with Gasteiger partial charge in [0.2, 0.25) is 0 Å². The average molecular weight is 279 g/mol. The average Bonchev–Trinajstić information content (AvgIpc) is 2.82. The largest absolute Gasteiger partial charge is 0.299 e. The molecule has 20 heavy (non-hydrogen) atoms. The molecule has 0 fully saturated rings. The van der Waals surface area contributed by atoms with E-state index < -0.39 is 0 Å². The Labute approximate surface area is 121 Å². The second-order valence-corrected chi connectivity index (χ2v) is 6.29. The van der Waals surface area contributed by atoms with Crippen LogP contribution in [0.25, 0.3) is 10.2 Å². The lowest BCUT2D eigenvalue weighted by atomic mass is 9.74. The molecule has 0 bridgehead atoms. The molecule has 4 rings (SSSR count). The quantitative estimate of drug-likeness (QED) is 0.731. The van der Waals surface area contributed by atoms with E-state index in [1.165, 1.54) is 11.1 Å². The number of nitrogens with zero attached hydrogens (tertiary/aromatic N) is 1. The van der Waals surface area contributed by atoms with Crippen LogP contribution in [-0.2, 0) is 17.6 Å². The van der Waals surface area contributed by atoms with Crippen LogP contribution in [0.5, 0.6) is 0 Å². The lowest BCUT2D eigenvalue weighted by molar-refractivity contribution is -0.120. The number of rotatable bonds is 3. The van der Waals surface area contributed by atoms with Crippen molar-refractivity contribution < 1.29 is 4.79 Å². The fourth-order valence-corrected chi connectivity index (χ4v) is 3.79. The van der Waals surface area contributed by atoms with Crippen molar-refractivity contribution in [3.05, 3.63) is 64.7 Å². The van der Waals surface area contributed by atoms with Crippen molar-refractivity contribution in [2.45, 2.75) is 18.8 Å². The molecule has 1 aliphatic rings. The van der Waals surface area contributed by atoms with Crippen LogP contribution in [0.15, 0.2) is 48.5 Å². The third kappa shape index (κ3) is 1.86. The minimum atomic E-state index is 0.0817. The molecule has 1 atom stereocenters. The number of Topliss-reactive ketones (excluding diaryl/α,β-unsaturated/α-hetero) is 1. The van der Waals surface area contributed by atoms with Crippen LogP contribution in [-0.4, -0.2) is 10.8 Å². The lowest BCUT2D eigenvalue weighted by Gasteiger charge is -2.28. The van der Waals surface area contributed by atoms with Crippen molar-refractivity contribution >= 4 is 27.3 Å². The molecule has 0 amide bonds. The number of carbonyl (C=O) groups excluding carboxylic acids is 1. The first-order valence-electron chi connectivity index (χ1n) is 6.76. The van der Waals surface area contributed by atoms with Gasteiger partial charge in [0.25, 0.3) is 0 Å². The van der Waals surface area contributed by atoms with Crippen molar-refractivity contribution in [2.75, 3.05) is 0 Å². The highest BCUT2D eigenvalue weighted by atomic mass is 32.1. The summed E-state index contributed by atoms with van der Waals surface area (Å²) in [7, 11) is 0. The van der Waals surface area contributed by atoms with Gasteiger partial charge in [-0.2, -0.15) is 0 Å². The van der Waals surface area contributed by atoms with Crippen LogP contribution in [0.1, 0.15) is 22.1 Å². The SMILES string of the molecule is O=C(Cc1nc2ccccc2s1)C1Cc2ccccc21. The Hall–Kier alpha value is -2.00. The predicted octanol–water partition coefficient (Wildman–Crippen LogP) is 3.75. The van der Waals surface area contributed by atoms with Crippen molar-refractivity contribution in [3.8, 4) is 0 Å². The molecule has 0 radical (unpaired) electrons. The first-order chi connectivity index (χ1) is 9.81. The van der Waals surface area contributed by atoms with Crippen LogP contribution in [0.3, 0.4) is 0 Å². The van der Waals surface area contributed by atoms with E-state index in [1.807, 2.05) is 30.3 Å². The summed E-state index contributed by atoms with van der Waals surface area (Å²) < 4.78 is 1.16. The van der Waals surface area contributed by atoms with Gasteiger partial charge < -0.3 is 0 Å². The molecule has 2 aromatic carbocycles. The number of hydrogen-bond donors (Lipinski definition) is 0. The molecular weight excluding hydrogens is 266 g/mol. The second kappa shape index (κ2) is 4.53. The molecule has 1 unspecified atom stereocenters. The molecule has 98 valence electrons. The van der Waals surface area contributed by atoms with E-state index in [1.54, 1.807) is 11.3 Å². The van der Waals surface area contributed by atoms with Crippen molar-refractivity contribution in [1.29, 1.82) is 0 Å². The molecule has 1 aromatic heterocycles.